The van der Waals surface area contributed by atoms with Gasteiger partial charge in [0.15, 0.2) is 0 Å². The number of sulfonamides is 1. The molecule has 0 saturated carbocycles. The molecule has 0 aromatic heterocycles. The van der Waals surface area contributed by atoms with Crippen LogP contribution in [0.5, 0.6) is 0 Å². The summed E-state index contributed by atoms with van der Waals surface area (Å²) in [6.07, 6.45) is 2.80. The van der Waals surface area contributed by atoms with E-state index in [2.05, 4.69) is 11.4 Å². The molecule has 0 atom stereocenters. The standard InChI is InChI=1S/C26H25N3O3S/c27-18-17-21-7-12-23(13-8-21)28-26(30)16-11-20-9-14-24(15-10-20)33(31,32)29-19-3-5-22-4-1-2-6-25(22)29/h1-2,4,6-10,12-15H,3,5,11,16-17,19H2,(H,28,30). The molecule has 1 amide bonds. The van der Waals surface area contributed by atoms with Crippen molar-refractivity contribution in [1.29, 1.82) is 5.26 Å². The number of rotatable bonds is 7. The molecule has 4 rings (SSSR count). The first-order chi connectivity index (χ1) is 16.0. The van der Waals surface area contributed by atoms with E-state index in [1.807, 2.05) is 36.4 Å². The lowest BCUT2D eigenvalue weighted by atomic mass is 10.0. The van der Waals surface area contributed by atoms with Gasteiger partial charge in [-0.3, -0.25) is 9.10 Å². The van der Waals surface area contributed by atoms with E-state index in [1.54, 1.807) is 36.4 Å². The van der Waals surface area contributed by atoms with Crippen LogP contribution in [0.1, 0.15) is 29.5 Å². The fraction of sp³-hybridized carbons (Fsp3) is 0.231. The van der Waals surface area contributed by atoms with Gasteiger partial charge in [-0.1, -0.05) is 42.5 Å². The van der Waals surface area contributed by atoms with Gasteiger partial charge in [0, 0.05) is 18.7 Å². The van der Waals surface area contributed by atoms with Crippen molar-refractivity contribution in [2.24, 2.45) is 0 Å². The van der Waals surface area contributed by atoms with Gasteiger partial charge in [0.05, 0.1) is 23.1 Å². The Hall–Kier alpha value is -3.63. The Morgan fingerprint density at radius 1 is 0.970 bits per heavy atom. The molecule has 0 radical (unpaired) electrons. The van der Waals surface area contributed by atoms with Crippen LogP contribution in [-0.2, 0) is 34.1 Å². The number of carbonyl (C=O) groups is 1. The number of nitrogens with one attached hydrogen (secondary N) is 1. The van der Waals surface area contributed by atoms with E-state index in [0.717, 1.165) is 35.2 Å². The predicted molar refractivity (Wildman–Crippen MR) is 128 cm³/mol. The van der Waals surface area contributed by atoms with Gasteiger partial charge in [-0.25, -0.2) is 8.42 Å². The highest BCUT2D eigenvalue weighted by atomic mass is 32.2. The van der Waals surface area contributed by atoms with Gasteiger partial charge in [0.25, 0.3) is 10.0 Å². The Labute approximate surface area is 194 Å². The SMILES string of the molecule is N#CCc1ccc(NC(=O)CCc2ccc(S(=O)(=O)N3CCCc4ccccc43)cc2)cc1. The van der Waals surface area contributed by atoms with Crippen LogP contribution < -0.4 is 9.62 Å². The monoisotopic (exact) mass is 459 g/mol. The van der Waals surface area contributed by atoms with Gasteiger partial charge in [-0.2, -0.15) is 5.26 Å². The summed E-state index contributed by atoms with van der Waals surface area (Å²) in [5.41, 5.74) is 4.29. The Balaban J connectivity index is 1.37. The van der Waals surface area contributed by atoms with Crippen LogP contribution in [-0.4, -0.2) is 20.9 Å². The van der Waals surface area contributed by atoms with Crippen molar-refractivity contribution in [2.75, 3.05) is 16.2 Å². The molecule has 33 heavy (non-hydrogen) atoms. The smallest absolute Gasteiger partial charge is 0.264 e. The molecular weight excluding hydrogens is 434 g/mol. The van der Waals surface area contributed by atoms with Gasteiger partial charge >= 0.3 is 0 Å². The zero-order valence-electron chi connectivity index (χ0n) is 18.2. The fourth-order valence-electron chi connectivity index (χ4n) is 3.98. The average Bonchev–Trinajstić information content (AvgIpc) is 2.84. The van der Waals surface area contributed by atoms with E-state index >= 15 is 0 Å². The van der Waals surface area contributed by atoms with E-state index in [4.69, 9.17) is 5.26 Å². The first-order valence-corrected chi connectivity index (χ1v) is 12.4. The van der Waals surface area contributed by atoms with Crippen LogP contribution in [0.15, 0.2) is 77.7 Å². The number of para-hydroxylation sites is 1. The number of hydrogen-bond donors (Lipinski definition) is 1. The molecule has 3 aromatic carbocycles. The highest BCUT2D eigenvalue weighted by Gasteiger charge is 2.28. The Kier molecular flexibility index (Phi) is 6.76. The average molecular weight is 460 g/mol. The molecule has 1 N–H and O–H groups in total. The maximum absolute atomic E-state index is 13.2. The molecule has 1 aliphatic rings. The van der Waals surface area contributed by atoms with Crippen molar-refractivity contribution < 1.29 is 13.2 Å². The summed E-state index contributed by atoms with van der Waals surface area (Å²) >= 11 is 0. The molecule has 3 aromatic rings. The van der Waals surface area contributed by atoms with Gasteiger partial charge in [-0.15, -0.1) is 0 Å². The van der Waals surface area contributed by atoms with Crippen LogP contribution in [0, 0.1) is 11.3 Å². The summed E-state index contributed by atoms with van der Waals surface area (Å²) in [6, 6.07) is 23.7. The van der Waals surface area contributed by atoms with Crippen LogP contribution in [0.25, 0.3) is 0 Å². The summed E-state index contributed by atoms with van der Waals surface area (Å²) in [7, 11) is -3.64. The molecular formula is C26H25N3O3S. The summed E-state index contributed by atoms with van der Waals surface area (Å²) in [5, 5.41) is 11.6. The maximum atomic E-state index is 13.2. The second-order valence-corrected chi connectivity index (χ2v) is 9.90. The molecule has 0 fully saturated rings. The molecule has 0 aliphatic carbocycles. The second-order valence-electron chi connectivity index (χ2n) is 8.03. The van der Waals surface area contributed by atoms with Crippen molar-refractivity contribution in [1.82, 2.24) is 0 Å². The van der Waals surface area contributed by atoms with Crippen LogP contribution in [0.2, 0.25) is 0 Å². The molecule has 0 spiro atoms. The zero-order chi connectivity index (χ0) is 23.3. The normalized spacial score (nSPS) is 13.1. The van der Waals surface area contributed by atoms with Crippen LogP contribution in [0.4, 0.5) is 11.4 Å². The minimum Gasteiger partial charge on any atom is -0.326 e. The number of carbonyl (C=O) groups excluding carboxylic acids is 1. The minimum atomic E-state index is -3.64. The van der Waals surface area contributed by atoms with E-state index in [0.29, 0.717) is 25.1 Å². The van der Waals surface area contributed by atoms with Crippen molar-refractivity contribution in [3.05, 3.63) is 89.5 Å². The van der Waals surface area contributed by atoms with Gasteiger partial charge in [0.1, 0.15) is 0 Å². The molecule has 0 saturated heterocycles. The number of hydrogen-bond acceptors (Lipinski definition) is 4. The lowest BCUT2D eigenvalue weighted by Crippen LogP contribution is -2.35. The maximum Gasteiger partial charge on any atom is 0.264 e. The van der Waals surface area contributed by atoms with Crippen LogP contribution in [0.3, 0.4) is 0 Å². The Bertz CT molecular complexity index is 1280. The lowest BCUT2D eigenvalue weighted by molar-refractivity contribution is -0.116. The molecule has 6 nitrogen and oxygen atoms in total. The quantitative estimate of drug-likeness (QED) is 0.565. The molecule has 1 aliphatic heterocycles. The van der Waals surface area contributed by atoms with E-state index in [-0.39, 0.29) is 17.2 Å². The van der Waals surface area contributed by atoms with Crippen molar-refractivity contribution >= 4 is 27.3 Å². The highest BCUT2D eigenvalue weighted by molar-refractivity contribution is 7.92. The van der Waals surface area contributed by atoms with Gasteiger partial charge < -0.3 is 5.32 Å². The number of amides is 1. The number of fused-ring (bicyclic) bond motifs is 1. The molecule has 168 valence electrons. The van der Waals surface area contributed by atoms with Gasteiger partial charge in [0.2, 0.25) is 5.91 Å². The largest absolute Gasteiger partial charge is 0.326 e. The van der Waals surface area contributed by atoms with Gasteiger partial charge in [-0.05, 0) is 66.3 Å². The number of benzene rings is 3. The number of nitriles is 1. The summed E-state index contributed by atoms with van der Waals surface area (Å²) in [5.74, 6) is -0.121. The van der Waals surface area contributed by atoms with E-state index in [1.165, 1.54) is 4.31 Å². The van der Waals surface area contributed by atoms with Crippen molar-refractivity contribution in [3.63, 3.8) is 0 Å². The van der Waals surface area contributed by atoms with Crippen molar-refractivity contribution in [3.8, 4) is 6.07 Å². The second kappa shape index (κ2) is 9.88. The molecule has 0 bridgehead atoms. The summed E-state index contributed by atoms with van der Waals surface area (Å²) in [6.45, 7) is 0.471. The summed E-state index contributed by atoms with van der Waals surface area (Å²) < 4.78 is 28.0. The zero-order valence-corrected chi connectivity index (χ0v) is 19.0. The highest BCUT2D eigenvalue weighted by Crippen LogP contribution is 2.31. The first-order valence-electron chi connectivity index (χ1n) is 10.9. The lowest BCUT2D eigenvalue weighted by Gasteiger charge is -2.30. The number of anilines is 2. The minimum absolute atomic E-state index is 0.121. The Morgan fingerprint density at radius 2 is 1.67 bits per heavy atom. The molecule has 7 heteroatoms. The third kappa shape index (κ3) is 5.24. The van der Waals surface area contributed by atoms with E-state index < -0.39 is 10.0 Å². The Morgan fingerprint density at radius 3 is 2.39 bits per heavy atom. The summed E-state index contributed by atoms with van der Waals surface area (Å²) in [4.78, 5) is 12.5. The number of aryl methyl sites for hydroxylation is 2. The third-order valence-electron chi connectivity index (χ3n) is 5.74. The third-order valence-corrected chi connectivity index (χ3v) is 7.57. The van der Waals surface area contributed by atoms with Crippen LogP contribution >= 0.6 is 0 Å². The molecule has 1 heterocycles. The fourth-order valence-corrected chi connectivity index (χ4v) is 5.52. The molecule has 0 unspecified atom stereocenters. The van der Waals surface area contributed by atoms with Crippen molar-refractivity contribution in [2.45, 2.75) is 37.0 Å². The number of nitrogens with zero attached hydrogens (tertiary/aromatic N) is 2. The van der Waals surface area contributed by atoms with E-state index in [9.17, 15) is 13.2 Å². The predicted octanol–water partition coefficient (Wildman–Crippen LogP) is 4.47. The topological polar surface area (TPSA) is 90.3 Å². The first kappa shape index (κ1) is 22.6.